The molecule has 0 radical (unpaired) electrons. The fraction of sp³-hybridized carbons (Fsp3) is 0.450. The number of aromatic nitrogens is 1. The number of aliphatic hydroxyl groups is 1. The lowest BCUT2D eigenvalue weighted by molar-refractivity contribution is -0.133. The van der Waals surface area contributed by atoms with E-state index < -0.39 is 0 Å². The first-order valence-corrected chi connectivity index (χ1v) is 9.20. The van der Waals surface area contributed by atoms with Crippen LogP contribution in [0.2, 0.25) is 0 Å². The van der Waals surface area contributed by atoms with Gasteiger partial charge >= 0.3 is 0 Å². The molecule has 2 fully saturated rings. The van der Waals surface area contributed by atoms with Crippen molar-refractivity contribution < 1.29 is 14.7 Å². The normalized spacial score (nSPS) is 23.7. The zero-order valence-corrected chi connectivity index (χ0v) is 14.6. The Labute approximate surface area is 152 Å². The molecule has 1 saturated carbocycles. The second-order valence-corrected chi connectivity index (χ2v) is 7.31. The molecule has 1 aromatic carbocycles. The van der Waals surface area contributed by atoms with Crippen molar-refractivity contribution in [1.82, 2.24) is 15.2 Å². The van der Waals surface area contributed by atoms with E-state index in [4.69, 9.17) is 0 Å². The molecule has 1 aliphatic heterocycles. The molecular weight excluding hydrogens is 330 g/mol. The van der Waals surface area contributed by atoms with Gasteiger partial charge in [0.25, 0.3) is 0 Å². The van der Waals surface area contributed by atoms with Gasteiger partial charge in [-0.1, -0.05) is 18.2 Å². The Kier molecular flexibility index (Phi) is 4.59. The number of aliphatic hydroxyl groups excluding tert-OH is 1. The van der Waals surface area contributed by atoms with E-state index in [0.29, 0.717) is 25.8 Å². The summed E-state index contributed by atoms with van der Waals surface area (Å²) in [5, 5.41) is 13.8. The SMILES string of the molecule is O=C(CN1CCCC1=O)N[C@@H](c1cnc2ccccc2c1)C1CC(O)C1. The molecule has 26 heavy (non-hydrogen) atoms. The number of carbonyl (C=O) groups excluding carboxylic acids is 2. The Balaban J connectivity index is 1.53. The number of nitrogens with one attached hydrogen (secondary N) is 1. The van der Waals surface area contributed by atoms with E-state index in [1.54, 1.807) is 11.1 Å². The number of para-hydroxylation sites is 1. The van der Waals surface area contributed by atoms with Gasteiger partial charge in [0.1, 0.15) is 0 Å². The topological polar surface area (TPSA) is 82.5 Å². The van der Waals surface area contributed by atoms with Crippen LogP contribution in [0, 0.1) is 5.92 Å². The first kappa shape index (κ1) is 17.0. The van der Waals surface area contributed by atoms with Crippen molar-refractivity contribution in [3.8, 4) is 0 Å². The van der Waals surface area contributed by atoms with E-state index >= 15 is 0 Å². The van der Waals surface area contributed by atoms with Crippen molar-refractivity contribution in [3.63, 3.8) is 0 Å². The van der Waals surface area contributed by atoms with E-state index in [2.05, 4.69) is 16.4 Å². The van der Waals surface area contributed by atoms with E-state index in [-0.39, 0.29) is 36.4 Å². The van der Waals surface area contributed by atoms with Gasteiger partial charge in [-0.3, -0.25) is 14.6 Å². The third kappa shape index (κ3) is 3.42. The van der Waals surface area contributed by atoms with Gasteiger partial charge in [-0.05, 0) is 42.9 Å². The van der Waals surface area contributed by atoms with Crippen molar-refractivity contribution >= 4 is 22.7 Å². The largest absolute Gasteiger partial charge is 0.393 e. The highest BCUT2D eigenvalue weighted by Crippen LogP contribution is 2.38. The lowest BCUT2D eigenvalue weighted by Crippen LogP contribution is -2.45. The Morgan fingerprint density at radius 3 is 2.88 bits per heavy atom. The van der Waals surface area contributed by atoms with Crippen LogP contribution in [0.1, 0.15) is 37.3 Å². The highest BCUT2D eigenvalue weighted by atomic mass is 16.3. The molecule has 2 heterocycles. The van der Waals surface area contributed by atoms with Gasteiger partial charge in [-0.2, -0.15) is 0 Å². The number of hydrogen-bond acceptors (Lipinski definition) is 4. The van der Waals surface area contributed by atoms with Crippen LogP contribution in [0.15, 0.2) is 36.5 Å². The molecule has 136 valence electrons. The minimum Gasteiger partial charge on any atom is -0.393 e. The van der Waals surface area contributed by atoms with Crippen LogP contribution in [0.4, 0.5) is 0 Å². The van der Waals surface area contributed by atoms with Gasteiger partial charge < -0.3 is 15.3 Å². The fourth-order valence-corrected chi connectivity index (χ4v) is 3.90. The summed E-state index contributed by atoms with van der Waals surface area (Å²) in [4.78, 5) is 30.4. The molecule has 1 saturated heterocycles. The van der Waals surface area contributed by atoms with E-state index in [1.807, 2.05) is 24.3 Å². The molecule has 1 atom stereocenters. The van der Waals surface area contributed by atoms with Gasteiger partial charge in [-0.15, -0.1) is 0 Å². The summed E-state index contributed by atoms with van der Waals surface area (Å²) in [6.07, 6.45) is 4.19. The molecule has 0 bridgehead atoms. The number of nitrogens with zero attached hydrogens (tertiary/aromatic N) is 2. The minimum atomic E-state index is -0.298. The summed E-state index contributed by atoms with van der Waals surface area (Å²) < 4.78 is 0. The number of likely N-dealkylation sites (tertiary alicyclic amines) is 1. The van der Waals surface area contributed by atoms with Gasteiger partial charge in [0.2, 0.25) is 11.8 Å². The predicted octanol–water partition coefficient (Wildman–Crippen LogP) is 1.79. The maximum Gasteiger partial charge on any atom is 0.240 e. The third-order valence-electron chi connectivity index (χ3n) is 5.41. The number of hydrogen-bond donors (Lipinski definition) is 2. The summed E-state index contributed by atoms with van der Waals surface area (Å²) in [7, 11) is 0. The number of pyridine rings is 1. The second kappa shape index (κ2) is 7.03. The number of rotatable bonds is 5. The van der Waals surface area contributed by atoms with Crippen LogP contribution in [-0.2, 0) is 9.59 Å². The lowest BCUT2D eigenvalue weighted by atomic mass is 9.75. The molecule has 6 nitrogen and oxygen atoms in total. The first-order valence-electron chi connectivity index (χ1n) is 9.20. The van der Waals surface area contributed by atoms with Crippen molar-refractivity contribution in [2.24, 2.45) is 5.92 Å². The third-order valence-corrected chi connectivity index (χ3v) is 5.41. The molecule has 2 N–H and O–H groups in total. The molecule has 2 amide bonds. The van der Waals surface area contributed by atoms with Gasteiger partial charge in [0.05, 0.1) is 24.2 Å². The zero-order valence-electron chi connectivity index (χ0n) is 14.6. The Bertz CT molecular complexity index is 832. The molecule has 0 spiro atoms. The van der Waals surface area contributed by atoms with Crippen molar-refractivity contribution in [2.45, 2.75) is 37.8 Å². The van der Waals surface area contributed by atoms with E-state index in [0.717, 1.165) is 22.9 Å². The number of carbonyl (C=O) groups is 2. The summed E-state index contributed by atoms with van der Waals surface area (Å²) in [5.41, 5.74) is 1.86. The predicted molar refractivity (Wildman–Crippen MR) is 97.2 cm³/mol. The molecule has 2 aliphatic rings. The highest BCUT2D eigenvalue weighted by molar-refractivity contribution is 5.86. The van der Waals surface area contributed by atoms with Crippen LogP contribution in [0.3, 0.4) is 0 Å². The van der Waals surface area contributed by atoms with Crippen LogP contribution < -0.4 is 5.32 Å². The number of amides is 2. The monoisotopic (exact) mass is 353 g/mol. The smallest absolute Gasteiger partial charge is 0.240 e. The average Bonchev–Trinajstić information content (AvgIpc) is 3.01. The van der Waals surface area contributed by atoms with Gasteiger partial charge in [-0.25, -0.2) is 0 Å². The molecule has 2 aromatic rings. The molecule has 4 rings (SSSR count). The van der Waals surface area contributed by atoms with Crippen LogP contribution in [0.25, 0.3) is 10.9 Å². The summed E-state index contributed by atoms with van der Waals surface area (Å²) in [6, 6.07) is 9.73. The van der Waals surface area contributed by atoms with Crippen LogP contribution >= 0.6 is 0 Å². The Morgan fingerprint density at radius 1 is 1.35 bits per heavy atom. The maximum atomic E-state index is 12.5. The fourth-order valence-electron chi connectivity index (χ4n) is 3.90. The second-order valence-electron chi connectivity index (χ2n) is 7.31. The van der Waals surface area contributed by atoms with Crippen LogP contribution in [0.5, 0.6) is 0 Å². The van der Waals surface area contributed by atoms with Gasteiger partial charge in [0, 0.05) is 24.5 Å². The minimum absolute atomic E-state index is 0.0446. The summed E-state index contributed by atoms with van der Waals surface area (Å²) >= 11 is 0. The maximum absolute atomic E-state index is 12.5. The van der Waals surface area contributed by atoms with E-state index in [1.165, 1.54) is 0 Å². The van der Waals surface area contributed by atoms with Gasteiger partial charge in [0.15, 0.2) is 0 Å². The molecule has 0 unspecified atom stereocenters. The van der Waals surface area contributed by atoms with Crippen LogP contribution in [-0.4, -0.2) is 46.0 Å². The van der Waals surface area contributed by atoms with Crippen molar-refractivity contribution in [1.29, 1.82) is 0 Å². The first-order chi connectivity index (χ1) is 12.6. The number of fused-ring (bicyclic) bond motifs is 1. The summed E-state index contributed by atoms with van der Waals surface area (Å²) in [6.45, 7) is 0.752. The van der Waals surface area contributed by atoms with Crippen molar-refractivity contribution in [3.05, 3.63) is 42.1 Å². The average molecular weight is 353 g/mol. The standard InChI is InChI=1S/C20H23N3O3/c24-16-9-14(10-16)20(22-18(25)12-23-7-3-6-19(23)26)15-8-13-4-1-2-5-17(13)21-11-15/h1-2,4-5,8,11,14,16,20,24H,3,6-7,9-10,12H2,(H,22,25)/t14?,16?,20-/m1/s1. The number of benzene rings is 1. The lowest BCUT2D eigenvalue weighted by Gasteiger charge is -2.38. The summed E-state index contributed by atoms with van der Waals surface area (Å²) in [5.74, 6) is 0.0779. The molecule has 1 aliphatic carbocycles. The molecule has 1 aromatic heterocycles. The molecular formula is C20H23N3O3. The highest BCUT2D eigenvalue weighted by Gasteiger charge is 2.36. The molecule has 6 heteroatoms. The Hall–Kier alpha value is -2.47. The van der Waals surface area contributed by atoms with Crippen molar-refractivity contribution in [2.75, 3.05) is 13.1 Å². The van der Waals surface area contributed by atoms with E-state index in [9.17, 15) is 14.7 Å². The Morgan fingerprint density at radius 2 is 2.15 bits per heavy atom. The quantitative estimate of drug-likeness (QED) is 0.858. The zero-order chi connectivity index (χ0) is 18.1.